The minimum absolute atomic E-state index is 0.0370. The molecule has 1 amide bonds. The molecule has 2 aromatic heterocycles. The van der Waals surface area contributed by atoms with Crippen molar-refractivity contribution in [3.8, 4) is 5.69 Å². The standard InChI is InChI=1S/C17H15F3N4O2/c1-9-6-11(3)24(22-9)14-5-4-12(17(18,19)20)8-13(14)21-16(25)15-7-10(2)23-26-15/h4-8H,1-3H3,(H,21,25). The van der Waals surface area contributed by atoms with Gasteiger partial charge in [0.1, 0.15) is 0 Å². The average Bonchev–Trinajstić information content (AvgIpc) is 3.12. The van der Waals surface area contributed by atoms with Crippen LogP contribution in [0.4, 0.5) is 18.9 Å². The van der Waals surface area contributed by atoms with Crippen LogP contribution in [-0.4, -0.2) is 20.8 Å². The van der Waals surface area contributed by atoms with E-state index < -0.39 is 17.6 Å². The van der Waals surface area contributed by atoms with Crippen LogP contribution < -0.4 is 5.32 Å². The zero-order valence-corrected chi connectivity index (χ0v) is 14.2. The number of alkyl halides is 3. The first-order chi connectivity index (χ1) is 12.1. The van der Waals surface area contributed by atoms with Crippen LogP contribution in [-0.2, 0) is 6.18 Å². The molecule has 9 heteroatoms. The molecular formula is C17H15F3N4O2. The Bertz CT molecular complexity index is 973. The Labute approximate surface area is 146 Å². The number of carbonyl (C=O) groups is 1. The monoisotopic (exact) mass is 364 g/mol. The molecular weight excluding hydrogens is 349 g/mol. The summed E-state index contributed by atoms with van der Waals surface area (Å²) in [5, 5.41) is 10.3. The highest BCUT2D eigenvalue weighted by molar-refractivity contribution is 6.03. The first-order valence-corrected chi connectivity index (χ1v) is 7.64. The lowest BCUT2D eigenvalue weighted by molar-refractivity contribution is -0.137. The highest BCUT2D eigenvalue weighted by Gasteiger charge is 2.31. The van der Waals surface area contributed by atoms with Crippen LogP contribution in [0.2, 0.25) is 0 Å². The minimum Gasteiger partial charge on any atom is -0.351 e. The maximum absolute atomic E-state index is 13.1. The van der Waals surface area contributed by atoms with Crippen LogP contribution in [0, 0.1) is 20.8 Å². The van der Waals surface area contributed by atoms with Crippen LogP contribution >= 0.6 is 0 Å². The number of nitrogens with zero attached hydrogens (tertiary/aromatic N) is 3. The lowest BCUT2D eigenvalue weighted by Crippen LogP contribution is -2.15. The third-order valence-electron chi connectivity index (χ3n) is 3.66. The first-order valence-electron chi connectivity index (χ1n) is 7.64. The number of aryl methyl sites for hydroxylation is 3. The number of rotatable bonds is 3. The molecule has 0 saturated heterocycles. The average molecular weight is 364 g/mol. The molecule has 136 valence electrons. The fourth-order valence-electron chi connectivity index (χ4n) is 2.52. The molecule has 0 aliphatic carbocycles. The second-order valence-corrected chi connectivity index (χ2v) is 5.86. The molecule has 1 N–H and O–H groups in total. The predicted molar refractivity (Wildman–Crippen MR) is 87.2 cm³/mol. The summed E-state index contributed by atoms with van der Waals surface area (Å²) in [4.78, 5) is 12.3. The van der Waals surface area contributed by atoms with E-state index in [0.29, 0.717) is 22.8 Å². The van der Waals surface area contributed by atoms with Gasteiger partial charge in [-0.3, -0.25) is 4.79 Å². The number of anilines is 1. The molecule has 3 rings (SSSR count). The molecule has 1 aromatic carbocycles. The molecule has 0 atom stereocenters. The molecule has 2 heterocycles. The molecule has 26 heavy (non-hydrogen) atoms. The molecule has 0 bridgehead atoms. The molecule has 0 aliphatic rings. The van der Waals surface area contributed by atoms with Crippen molar-refractivity contribution >= 4 is 11.6 Å². The number of hydrogen-bond donors (Lipinski definition) is 1. The molecule has 0 radical (unpaired) electrons. The quantitative estimate of drug-likeness (QED) is 0.761. The van der Waals surface area contributed by atoms with E-state index in [0.717, 1.165) is 12.1 Å². The Kier molecular flexibility index (Phi) is 4.31. The Balaban J connectivity index is 2.07. The van der Waals surface area contributed by atoms with Crippen LogP contribution in [0.1, 0.15) is 33.2 Å². The van der Waals surface area contributed by atoms with Gasteiger partial charge in [0.2, 0.25) is 5.76 Å². The van der Waals surface area contributed by atoms with Crippen molar-refractivity contribution in [3.05, 3.63) is 58.7 Å². The number of carbonyl (C=O) groups excluding carboxylic acids is 1. The summed E-state index contributed by atoms with van der Waals surface area (Å²) in [6.45, 7) is 5.16. The van der Waals surface area contributed by atoms with Gasteiger partial charge in [-0.15, -0.1) is 0 Å². The summed E-state index contributed by atoms with van der Waals surface area (Å²) in [6.07, 6.45) is -4.55. The van der Waals surface area contributed by atoms with E-state index >= 15 is 0 Å². The van der Waals surface area contributed by atoms with Gasteiger partial charge in [-0.25, -0.2) is 4.68 Å². The van der Waals surface area contributed by atoms with Crippen molar-refractivity contribution in [2.24, 2.45) is 0 Å². The van der Waals surface area contributed by atoms with E-state index in [1.54, 1.807) is 26.8 Å². The normalized spacial score (nSPS) is 11.6. The second kappa shape index (κ2) is 6.32. The Hall–Kier alpha value is -3.10. The van der Waals surface area contributed by atoms with E-state index in [9.17, 15) is 18.0 Å². The SMILES string of the molecule is Cc1cc(C(=O)Nc2cc(C(F)(F)F)ccc2-n2nc(C)cc2C)on1. The number of benzene rings is 1. The molecule has 3 aromatic rings. The first kappa shape index (κ1) is 17.7. The summed E-state index contributed by atoms with van der Waals surface area (Å²) in [5.41, 5.74) is 1.29. The number of halogens is 3. The number of aromatic nitrogens is 3. The summed E-state index contributed by atoms with van der Waals surface area (Å²) >= 11 is 0. The van der Waals surface area contributed by atoms with Crippen molar-refractivity contribution in [3.63, 3.8) is 0 Å². The van der Waals surface area contributed by atoms with Gasteiger partial charge in [-0.05, 0) is 45.0 Å². The van der Waals surface area contributed by atoms with E-state index in [1.807, 2.05) is 0 Å². The smallest absolute Gasteiger partial charge is 0.351 e. The van der Waals surface area contributed by atoms with Gasteiger partial charge >= 0.3 is 6.18 Å². The largest absolute Gasteiger partial charge is 0.416 e. The summed E-state index contributed by atoms with van der Waals surface area (Å²) in [7, 11) is 0. The number of hydrogen-bond acceptors (Lipinski definition) is 4. The van der Waals surface area contributed by atoms with Crippen LogP contribution in [0.5, 0.6) is 0 Å². The lowest BCUT2D eigenvalue weighted by atomic mass is 10.1. The van der Waals surface area contributed by atoms with Crippen molar-refractivity contribution in [2.45, 2.75) is 26.9 Å². The Morgan fingerprint density at radius 3 is 2.38 bits per heavy atom. The van der Waals surface area contributed by atoms with Gasteiger partial charge in [0.15, 0.2) is 0 Å². The zero-order chi connectivity index (χ0) is 19.1. The van der Waals surface area contributed by atoms with Gasteiger partial charge in [-0.1, -0.05) is 5.16 Å². The van der Waals surface area contributed by atoms with Crippen LogP contribution in [0.25, 0.3) is 5.69 Å². The van der Waals surface area contributed by atoms with Crippen LogP contribution in [0.15, 0.2) is 34.9 Å². The van der Waals surface area contributed by atoms with Gasteiger partial charge in [0.25, 0.3) is 5.91 Å². The minimum atomic E-state index is -4.55. The summed E-state index contributed by atoms with van der Waals surface area (Å²) in [5.74, 6) is -0.799. The van der Waals surface area contributed by atoms with Crippen molar-refractivity contribution < 1.29 is 22.5 Å². The maximum Gasteiger partial charge on any atom is 0.416 e. The van der Waals surface area contributed by atoms with Gasteiger partial charge in [0.05, 0.1) is 28.3 Å². The summed E-state index contributed by atoms with van der Waals surface area (Å²) < 4.78 is 45.6. The highest BCUT2D eigenvalue weighted by atomic mass is 19.4. The highest BCUT2D eigenvalue weighted by Crippen LogP contribution is 2.34. The van der Waals surface area contributed by atoms with Crippen LogP contribution in [0.3, 0.4) is 0 Å². The van der Waals surface area contributed by atoms with Gasteiger partial charge < -0.3 is 9.84 Å². The molecule has 0 fully saturated rings. The van der Waals surface area contributed by atoms with Crippen molar-refractivity contribution in [2.75, 3.05) is 5.32 Å². The Morgan fingerprint density at radius 1 is 1.12 bits per heavy atom. The Morgan fingerprint density at radius 2 is 1.85 bits per heavy atom. The topological polar surface area (TPSA) is 73.0 Å². The van der Waals surface area contributed by atoms with Gasteiger partial charge in [-0.2, -0.15) is 18.3 Å². The molecule has 0 spiro atoms. The van der Waals surface area contributed by atoms with E-state index in [-0.39, 0.29) is 11.4 Å². The maximum atomic E-state index is 13.1. The van der Waals surface area contributed by atoms with E-state index in [4.69, 9.17) is 4.52 Å². The van der Waals surface area contributed by atoms with E-state index in [2.05, 4.69) is 15.6 Å². The van der Waals surface area contributed by atoms with E-state index in [1.165, 1.54) is 16.8 Å². The second-order valence-electron chi connectivity index (χ2n) is 5.86. The van der Waals surface area contributed by atoms with Crippen molar-refractivity contribution in [1.82, 2.24) is 14.9 Å². The molecule has 6 nitrogen and oxygen atoms in total. The molecule has 0 aliphatic heterocycles. The number of nitrogens with one attached hydrogen (secondary N) is 1. The zero-order valence-electron chi connectivity index (χ0n) is 14.2. The van der Waals surface area contributed by atoms with Crippen molar-refractivity contribution in [1.29, 1.82) is 0 Å². The fraction of sp³-hybridized carbons (Fsp3) is 0.235. The lowest BCUT2D eigenvalue weighted by Gasteiger charge is -2.15. The third-order valence-corrected chi connectivity index (χ3v) is 3.66. The number of amides is 1. The third kappa shape index (κ3) is 3.46. The fourth-order valence-corrected chi connectivity index (χ4v) is 2.52. The molecule has 0 unspecified atom stereocenters. The summed E-state index contributed by atoms with van der Waals surface area (Å²) in [6, 6.07) is 6.26. The van der Waals surface area contributed by atoms with Gasteiger partial charge in [0, 0.05) is 11.8 Å². The molecule has 0 saturated carbocycles. The predicted octanol–water partition coefficient (Wildman–Crippen LogP) is 4.06.